The number of hydrogen-bond acceptors (Lipinski definition) is 3. The Bertz CT molecular complexity index is 381. The van der Waals surface area contributed by atoms with Crippen LogP contribution in [0.5, 0.6) is 0 Å². The Morgan fingerprint density at radius 1 is 1.00 bits per heavy atom. The predicted octanol–water partition coefficient (Wildman–Crippen LogP) is 3.43. The second kappa shape index (κ2) is 7.75. The lowest BCUT2D eigenvalue weighted by atomic mass is 9.69. The van der Waals surface area contributed by atoms with E-state index in [1.54, 1.807) is 0 Å². The Hall–Kier alpha value is -0.260. The van der Waals surface area contributed by atoms with Gasteiger partial charge in [-0.2, -0.15) is 0 Å². The van der Waals surface area contributed by atoms with E-state index in [4.69, 9.17) is 9.47 Å². The number of fused-ring (bicyclic) bond motifs is 3. The zero-order chi connectivity index (χ0) is 16.4. The monoisotopic (exact) mass is 332 g/mol. The van der Waals surface area contributed by atoms with Gasteiger partial charge >= 0.3 is 0 Å². The highest BCUT2D eigenvalue weighted by molar-refractivity contribution is 5.04. The number of alkyl halides is 2. The van der Waals surface area contributed by atoms with Gasteiger partial charge in [0.1, 0.15) is 6.17 Å². The minimum absolute atomic E-state index is 0.108. The third-order valence-corrected chi connectivity index (χ3v) is 6.11. The molecule has 23 heavy (non-hydrogen) atoms. The van der Waals surface area contributed by atoms with Gasteiger partial charge in [-0.1, -0.05) is 19.8 Å². The van der Waals surface area contributed by atoms with Crippen LogP contribution in [0.15, 0.2) is 0 Å². The molecule has 3 nitrogen and oxygen atoms in total. The van der Waals surface area contributed by atoms with Gasteiger partial charge in [-0.3, -0.25) is 0 Å². The van der Waals surface area contributed by atoms with Crippen LogP contribution in [0.2, 0.25) is 0 Å². The molecule has 0 radical (unpaired) electrons. The van der Waals surface area contributed by atoms with Crippen LogP contribution in [0.1, 0.15) is 51.9 Å². The lowest BCUT2D eigenvalue weighted by molar-refractivity contribution is -0.121. The van der Waals surface area contributed by atoms with Crippen LogP contribution in [0, 0.1) is 17.8 Å². The fourth-order valence-corrected chi connectivity index (χ4v) is 4.77. The highest BCUT2D eigenvalue weighted by Gasteiger charge is 2.56. The fraction of sp³-hybridized carbons (Fsp3) is 1.00. The van der Waals surface area contributed by atoms with Gasteiger partial charge in [0.2, 0.25) is 0 Å². The topological polar surface area (TPSA) is 38.7 Å². The van der Waals surface area contributed by atoms with Crippen molar-refractivity contribution in [2.24, 2.45) is 17.8 Å². The van der Waals surface area contributed by atoms with Gasteiger partial charge in [-0.15, -0.1) is 0 Å². The van der Waals surface area contributed by atoms with Crippen LogP contribution in [0.4, 0.5) is 8.78 Å². The molecule has 0 amide bonds. The molecule has 0 spiro atoms. The molecule has 0 bridgehead atoms. The summed E-state index contributed by atoms with van der Waals surface area (Å²) in [7, 11) is 0. The molecule has 0 aromatic heterocycles. The molecule has 134 valence electrons. The molecule has 5 heteroatoms. The molecule has 0 aromatic rings. The molecule has 1 heterocycles. The summed E-state index contributed by atoms with van der Waals surface area (Å²) in [5, 5.41) is 9.29. The normalized spacial score (nSPS) is 46.4. The first-order valence-electron chi connectivity index (χ1n) is 9.33. The molecule has 3 fully saturated rings. The number of aliphatic hydroxyl groups is 1. The highest BCUT2D eigenvalue weighted by Crippen LogP contribution is 2.50. The molecule has 2 saturated carbocycles. The smallest absolute Gasteiger partial charge is 0.152 e. The fourth-order valence-electron chi connectivity index (χ4n) is 4.77. The molecule has 2 aliphatic carbocycles. The second-order valence-electron chi connectivity index (χ2n) is 7.50. The number of hydrogen-bond donors (Lipinski definition) is 1. The molecular weight excluding hydrogens is 302 g/mol. The third kappa shape index (κ3) is 3.42. The first-order valence-corrected chi connectivity index (χ1v) is 9.33. The summed E-state index contributed by atoms with van der Waals surface area (Å²) >= 11 is 0. The molecule has 1 aliphatic heterocycles. The minimum atomic E-state index is -1.17. The van der Waals surface area contributed by atoms with Crippen molar-refractivity contribution in [2.75, 3.05) is 13.2 Å². The van der Waals surface area contributed by atoms with Gasteiger partial charge in [-0.05, 0) is 43.9 Å². The van der Waals surface area contributed by atoms with Crippen LogP contribution in [-0.2, 0) is 9.47 Å². The maximum Gasteiger partial charge on any atom is 0.152 e. The van der Waals surface area contributed by atoms with Gasteiger partial charge in [0.25, 0.3) is 0 Å². The van der Waals surface area contributed by atoms with Gasteiger partial charge in [0.15, 0.2) is 6.17 Å². The van der Waals surface area contributed by atoms with Crippen molar-refractivity contribution in [1.82, 2.24) is 0 Å². The van der Waals surface area contributed by atoms with Crippen molar-refractivity contribution < 1.29 is 23.4 Å². The lowest BCUT2D eigenvalue weighted by Crippen LogP contribution is -2.44. The van der Waals surface area contributed by atoms with Crippen molar-refractivity contribution in [3.05, 3.63) is 0 Å². The third-order valence-electron chi connectivity index (χ3n) is 6.11. The summed E-state index contributed by atoms with van der Waals surface area (Å²) < 4.78 is 40.9. The summed E-state index contributed by atoms with van der Waals surface area (Å²) in [4.78, 5) is 0. The van der Waals surface area contributed by atoms with E-state index in [1.165, 1.54) is 0 Å². The van der Waals surface area contributed by atoms with Gasteiger partial charge in [-0.25, -0.2) is 8.78 Å². The Balaban J connectivity index is 1.58. The van der Waals surface area contributed by atoms with E-state index in [9.17, 15) is 13.9 Å². The molecule has 3 aliphatic rings. The summed E-state index contributed by atoms with van der Waals surface area (Å²) in [6.07, 6.45) is 2.50. The van der Waals surface area contributed by atoms with Crippen molar-refractivity contribution in [3.63, 3.8) is 0 Å². The first-order chi connectivity index (χ1) is 11.2. The second-order valence-corrected chi connectivity index (χ2v) is 7.50. The maximum absolute atomic E-state index is 14.8. The Kier molecular flexibility index (Phi) is 5.92. The zero-order valence-electron chi connectivity index (χ0n) is 14.0. The van der Waals surface area contributed by atoms with Crippen molar-refractivity contribution in [1.29, 1.82) is 0 Å². The highest BCUT2D eigenvalue weighted by atomic mass is 19.1. The largest absolute Gasteiger partial charge is 0.396 e. The van der Waals surface area contributed by atoms with Gasteiger partial charge < -0.3 is 14.6 Å². The summed E-state index contributed by atoms with van der Waals surface area (Å²) in [6.45, 7) is 2.58. The van der Waals surface area contributed by atoms with E-state index < -0.39 is 30.7 Å². The maximum atomic E-state index is 14.8. The average molecular weight is 332 g/mol. The van der Waals surface area contributed by atoms with E-state index in [-0.39, 0.29) is 24.4 Å². The minimum Gasteiger partial charge on any atom is -0.396 e. The van der Waals surface area contributed by atoms with E-state index >= 15 is 0 Å². The Morgan fingerprint density at radius 3 is 2.39 bits per heavy atom. The number of rotatable bonds is 6. The molecule has 8 atom stereocenters. The van der Waals surface area contributed by atoms with Crippen LogP contribution >= 0.6 is 0 Å². The van der Waals surface area contributed by atoms with Crippen molar-refractivity contribution >= 4 is 0 Å². The lowest BCUT2D eigenvalue weighted by Gasteiger charge is -2.37. The van der Waals surface area contributed by atoms with Crippen LogP contribution < -0.4 is 0 Å². The average Bonchev–Trinajstić information content (AvgIpc) is 2.94. The van der Waals surface area contributed by atoms with Crippen LogP contribution in [-0.4, -0.2) is 49.0 Å². The Labute approximate surface area is 137 Å². The quantitative estimate of drug-likeness (QED) is 0.757. The first kappa shape index (κ1) is 17.6. The van der Waals surface area contributed by atoms with Crippen LogP contribution in [0.25, 0.3) is 0 Å². The number of halogens is 2. The standard InChI is InChI=1S/C18H30F2O3/c1-2-3-4-9-22-14-8-7-13-12-6-5-11(10-21)15(19)17(12)23-18(13)16(14)20/h11-18,21H,2-10H2,1H3. The summed E-state index contributed by atoms with van der Waals surface area (Å²) in [5.41, 5.74) is 0. The van der Waals surface area contributed by atoms with Crippen LogP contribution in [0.3, 0.4) is 0 Å². The molecular formula is C18H30F2O3. The Morgan fingerprint density at radius 2 is 1.70 bits per heavy atom. The van der Waals surface area contributed by atoms with E-state index in [0.29, 0.717) is 19.4 Å². The van der Waals surface area contributed by atoms with Crippen molar-refractivity contribution in [3.8, 4) is 0 Å². The van der Waals surface area contributed by atoms with E-state index in [0.717, 1.165) is 32.1 Å². The number of aliphatic hydroxyl groups excluding tert-OH is 1. The van der Waals surface area contributed by atoms with E-state index in [1.807, 2.05) is 0 Å². The molecule has 3 rings (SSSR count). The van der Waals surface area contributed by atoms with E-state index in [2.05, 4.69) is 6.92 Å². The SMILES string of the molecule is CCCCCOC1CCC2C3CCC(CO)C(F)C3OC2C1F. The molecule has 1 saturated heterocycles. The van der Waals surface area contributed by atoms with Crippen molar-refractivity contribution in [2.45, 2.75) is 82.5 Å². The summed E-state index contributed by atoms with van der Waals surface area (Å²) in [6, 6.07) is 0. The summed E-state index contributed by atoms with van der Waals surface area (Å²) in [5.74, 6) is -0.129. The molecule has 1 N–H and O–H groups in total. The predicted molar refractivity (Wildman–Crippen MR) is 83.7 cm³/mol. The number of ether oxygens (including phenoxy) is 2. The zero-order valence-corrected chi connectivity index (χ0v) is 14.0. The van der Waals surface area contributed by atoms with Gasteiger partial charge in [0, 0.05) is 19.1 Å². The molecule has 8 unspecified atom stereocenters. The molecule has 0 aromatic carbocycles. The number of unbranched alkanes of at least 4 members (excludes halogenated alkanes) is 2. The van der Waals surface area contributed by atoms with Gasteiger partial charge in [0.05, 0.1) is 18.3 Å².